The molecule has 0 unspecified atom stereocenters. The van der Waals surface area contributed by atoms with Crippen molar-refractivity contribution in [2.45, 2.75) is 6.42 Å². The van der Waals surface area contributed by atoms with Gasteiger partial charge in [0.25, 0.3) is 0 Å². The number of hydrogen-bond acceptors (Lipinski definition) is 3. The largest absolute Gasteiger partial charge is 1.00 e. The molecule has 0 aromatic heterocycles. The van der Waals surface area contributed by atoms with E-state index in [2.05, 4.69) is 6.42 Å². The predicted molar refractivity (Wildman–Crippen MR) is 28.0 cm³/mol. The molecule has 0 fully saturated rings. The van der Waals surface area contributed by atoms with E-state index in [1.54, 1.807) is 0 Å². The Kier molecular flexibility index (Phi) is 8.30. The third kappa shape index (κ3) is 12.3. The van der Waals surface area contributed by atoms with E-state index in [1.807, 2.05) is 5.92 Å². The molecule has 0 rings (SSSR count). The Morgan fingerprint density at radius 3 is 2.11 bits per heavy atom. The normalized spacial score (nSPS) is 9.33. The number of hydrogen-bond donors (Lipinski definition) is 0. The predicted octanol–water partition coefficient (Wildman–Crippen LogP) is -3.44. The van der Waals surface area contributed by atoms with Crippen molar-refractivity contribution in [1.29, 1.82) is 0 Å². The first kappa shape index (κ1) is 12.8. The van der Waals surface area contributed by atoms with Crippen molar-refractivity contribution in [2.75, 3.05) is 5.75 Å². The van der Waals surface area contributed by atoms with Crippen molar-refractivity contribution in [3.05, 3.63) is 0 Å². The third-order valence-electron chi connectivity index (χ3n) is 0.496. The summed E-state index contributed by atoms with van der Waals surface area (Å²) in [4.78, 5) is 0. The maximum absolute atomic E-state index is 9.74. The average Bonchev–Trinajstić information content (AvgIpc) is 1.59. The minimum atomic E-state index is -4.08. The molecule has 0 bridgehead atoms. The SMILES string of the molecule is C#CCCS(=O)(=O)[O-].[K+]. The van der Waals surface area contributed by atoms with Crippen LogP contribution in [0.4, 0.5) is 0 Å². The van der Waals surface area contributed by atoms with Crippen LogP contribution in [0.25, 0.3) is 0 Å². The first-order valence-electron chi connectivity index (χ1n) is 1.93. The van der Waals surface area contributed by atoms with Gasteiger partial charge in [-0.15, -0.1) is 12.3 Å². The fourth-order valence-electron chi connectivity index (χ4n) is 0.184. The third-order valence-corrected chi connectivity index (χ3v) is 1.20. The summed E-state index contributed by atoms with van der Waals surface area (Å²) in [7, 11) is -4.08. The van der Waals surface area contributed by atoms with Crippen LogP contribution in [0, 0.1) is 12.3 Å². The van der Waals surface area contributed by atoms with Gasteiger partial charge in [0.15, 0.2) is 0 Å². The quantitative estimate of drug-likeness (QED) is 0.247. The van der Waals surface area contributed by atoms with Crippen LogP contribution < -0.4 is 51.4 Å². The van der Waals surface area contributed by atoms with E-state index in [0.29, 0.717) is 0 Å². The zero-order chi connectivity index (χ0) is 6.62. The molecule has 0 radical (unpaired) electrons. The van der Waals surface area contributed by atoms with Crippen molar-refractivity contribution < 1.29 is 64.4 Å². The summed E-state index contributed by atoms with van der Waals surface area (Å²) >= 11 is 0. The second-order valence-electron chi connectivity index (χ2n) is 1.22. The molecule has 0 aromatic carbocycles. The van der Waals surface area contributed by atoms with E-state index in [0.717, 1.165) is 0 Å². The molecule has 0 saturated heterocycles. The van der Waals surface area contributed by atoms with Crippen molar-refractivity contribution in [3.8, 4) is 12.3 Å². The van der Waals surface area contributed by atoms with Crippen LogP contribution >= 0.6 is 0 Å². The number of rotatable bonds is 2. The Labute approximate surface area is 97.4 Å². The molecule has 0 heterocycles. The smallest absolute Gasteiger partial charge is 0.748 e. The molecule has 0 N–H and O–H groups in total. The van der Waals surface area contributed by atoms with Gasteiger partial charge in [-0.1, -0.05) is 0 Å². The molecule has 0 aliphatic carbocycles. The van der Waals surface area contributed by atoms with E-state index >= 15 is 0 Å². The van der Waals surface area contributed by atoms with Crippen LogP contribution in [-0.4, -0.2) is 18.7 Å². The maximum atomic E-state index is 9.74. The summed E-state index contributed by atoms with van der Waals surface area (Å²) in [5.74, 6) is 1.59. The van der Waals surface area contributed by atoms with Crippen LogP contribution in [-0.2, 0) is 10.1 Å². The Bertz CT molecular complexity index is 188. The summed E-state index contributed by atoms with van der Waals surface area (Å²) in [6.45, 7) is 0. The van der Waals surface area contributed by atoms with Crippen LogP contribution in [0.1, 0.15) is 6.42 Å². The van der Waals surface area contributed by atoms with Gasteiger partial charge >= 0.3 is 51.4 Å². The second kappa shape index (κ2) is 5.86. The van der Waals surface area contributed by atoms with Crippen molar-refractivity contribution >= 4 is 10.1 Å². The zero-order valence-corrected chi connectivity index (χ0v) is 9.06. The van der Waals surface area contributed by atoms with Gasteiger partial charge in [-0.2, -0.15) is 0 Å². The Morgan fingerprint density at radius 2 is 2.00 bits per heavy atom. The van der Waals surface area contributed by atoms with Crippen molar-refractivity contribution in [3.63, 3.8) is 0 Å². The maximum Gasteiger partial charge on any atom is 1.00 e. The topological polar surface area (TPSA) is 57.2 Å². The molecule has 0 saturated carbocycles. The Hall–Kier alpha value is 1.11. The van der Waals surface area contributed by atoms with Gasteiger partial charge in [-0.3, -0.25) is 0 Å². The summed E-state index contributed by atoms with van der Waals surface area (Å²) in [5, 5.41) is 0. The molecule has 0 amide bonds. The molecule has 3 nitrogen and oxygen atoms in total. The fourth-order valence-corrected chi connectivity index (χ4v) is 0.552. The molecule has 5 heteroatoms. The van der Waals surface area contributed by atoms with Gasteiger partial charge in [0.2, 0.25) is 0 Å². The first-order chi connectivity index (χ1) is 3.56. The minimum absolute atomic E-state index is 0. The monoisotopic (exact) mass is 172 g/mol. The molecule has 0 spiro atoms. The fraction of sp³-hybridized carbons (Fsp3) is 0.500. The van der Waals surface area contributed by atoms with Gasteiger partial charge in [-0.05, 0) is 0 Å². The average molecular weight is 172 g/mol. The Balaban J connectivity index is 0. The van der Waals surface area contributed by atoms with E-state index in [9.17, 15) is 13.0 Å². The molecule has 0 atom stereocenters. The molecule has 0 aliphatic rings. The molecule has 0 aromatic rings. The summed E-state index contributed by atoms with van der Waals surface area (Å²) < 4.78 is 29.2. The van der Waals surface area contributed by atoms with Crippen LogP contribution in [0.3, 0.4) is 0 Å². The van der Waals surface area contributed by atoms with Crippen LogP contribution in [0.15, 0.2) is 0 Å². The van der Waals surface area contributed by atoms with Gasteiger partial charge in [-0.25, -0.2) is 8.42 Å². The van der Waals surface area contributed by atoms with E-state index in [1.165, 1.54) is 0 Å². The van der Waals surface area contributed by atoms with Gasteiger partial charge in [0.1, 0.15) is 0 Å². The van der Waals surface area contributed by atoms with Crippen LogP contribution in [0.5, 0.6) is 0 Å². The number of terminal acetylenes is 1. The molecule has 0 aliphatic heterocycles. The van der Waals surface area contributed by atoms with Gasteiger partial charge < -0.3 is 4.55 Å². The zero-order valence-electron chi connectivity index (χ0n) is 5.12. The van der Waals surface area contributed by atoms with Crippen molar-refractivity contribution in [2.24, 2.45) is 0 Å². The Morgan fingerprint density at radius 1 is 1.56 bits per heavy atom. The first-order valence-corrected chi connectivity index (χ1v) is 3.51. The molecular weight excluding hydrogens is 167 g/mol. The summed E-state index contributed by atoms with van der Waals surface area (Å²) in [6, 6.07) is 0. The van der Waals surface area contributed by atoms with Crippen molar-refractivity contribution in [1.82, 2.24) is 0 Å². The van der Waals surface area contributed by atoms with E-state index in [4.69, 9.17) is 0 Å². The molecule has 9 heavy (non-hydrogen) atoms. The minimum Gasteiger partial charge on any atom is -0.748 e. The summed E-state index contributed by atoms with van der Waals surface area (Å²) in [5.41, 5.74) is 0. The molecular formula is C4H5KO3S. The standard InChI is InChI=1S/C4H6O3S.K/c1-2-3-4-8(5,6)7;/h1H,3-4H2,(H,5,6,7);/q;+1/p-1. The van der Waals surface area contributed by atoms with Gasteiger partial charge in [0.05, 0.1) is 10.1 Å². The van der Waals surface area contributed by atoms with Gasteiger partial charge in [0, 0.05) is 12.2 Å². The second-order valence-corrected chi connectivity index (χ2v) is 2.74. The molecule has 46 valence electrons. The summed E-state index contributed by atoms with van der Waals surface area (Å²) in [6.07, 6.45) is 4.69. The van der Waals surface area contributed by atoms with Crippen LogP contribution in [0.2, 0.25) is 0 Å². The van der Waals surface area contributed by atoms with E-state index in [-0.39, 0.29) is 57.8 Å². The van der Waals surface area contributed by atoms with E-state index < -0.39 is 15.9 Å².